The molecule has 96 valence electrons. The van der Waals surface area contributed by atoms with Gasteiger partial charge >= 0.3 is 0 Å². The molecular weight excluding hydrogens is 258 g/mol. The fraction of sp³-hybridized carbons (Fsp3) is 0.133. The van der Waals surface area contributed by atoms with E-state index in [9.17, 15) is 0 Å². The van der Waals surface area contributed by atoms with Crippen molar-refractivity contribution in [2.45, 2.75) is 0 Å². The summed E-state index contributed by atoms with van der Waals surface area (Å²) in [6.45, 7) is 0. The molecule has 0 aliphatic carbocycles. The number of nitrogens with zero attached hydrogens (tertiary/aromatic N) is 3. The van der Waals surface area contributed by atoms with Crippen LogP contribution in [0.4, 0.5) is 11.5 Å². The van der Waals surface area contributed by atoms with E-state index in [4.69, 9.17) is 11.6 Å². The highest BCUT2D eigenvalue weighted by Gasteiger charge is 2.11. The van der Waals surface area contributed by atoms with Gasteiger partial charge in [0.1, 0.15) is 5.82 Å². The molecular formula is C15H14ClN3. The summed E-state index contributed by atoms with van der Waals surface area (Å²) in [5, 5.41) is 1.87. The Hall–Kier alpha value is -2.00. The average molecular weight is 272 g/mol. The molecule has 19 heavy (non-hydrogen) atoms. The molecule has 3 nitrogen and oxygen atoms in total. The number of hydrogen-bond acceptors (Lipinski definition) is 2. The summed E-state index contributed by atoms with van der Waals surface area (Å²) in [5.41, 5.74) is 2.23. The van der Waals surface area contributed by atoms with E-state index >= 15 is 0 Å². The molecule has 4 heteroatoms. The van der Waals surface area contributed by atoms with Gasteiger partial charge in [0.2, 0.25) is 0 Å². The van der Waals surface area contributed by atoms with Gasteiger partial charge in [-0.3, -0.25) is 4.98 Å². The van der Waals surface area contributed by atoms with Crippen LogP contribution in [-0.4, -0.2) is 16.6 Å². The van der Waals surface area contributed by atoms with E-state index in [0.717, 1.165) is 21.9 Å². The van der Waals surface area contributed by atoms with E-state index in [1.807, 2.05) is 49.8 Å². The number of fused-ring (bicyclic) bond motifs is 1. The van der Waals surface area contributed by atoms with Crippen LogP contribution < -0.4 is 4.90 Å². The lowest BCUT2D eigenvalue weighted by Crippen LogP contribution is -2.12. The third kappa shape index (κ3) is 2.06. The van der Waals surface area contributed by atoms with Crippen molar-refractivity contribution in [2.75, 3.05) is 11.9 Å². The number of halogens is 1. The number of hydrogen-bond donors (Lipinski definition) is 0. The molecule has 0 spiro atoms. The second-order valence-corrected chi connectivity index (χ2v) is 4.97. The van der Waals surface area contributed by atoms with Crippen LogP contribution in [0, 0.1) is 0 Å². The standard InChI is InChI=1S/C15H14ClN3/c1-18(13-5-3-4-12(16)9-13)15-8-11-10-17-7-6-14(11)19(15)2/h3-10H,1-2H3. The highest BCUT2D eigenvalue weighted by Crippen LogP contribution is 2.30. The number of anilines is 2. The molecule has 0 fully saturated rings. The second-order valence-electron chi connectivity index (χ2n) is 4.53. The van der Waals surface area contributed by atoms with E-state index in [2.05, 4.69) is 27.6 Å². The van der Waals surface area contributed by atoms with Crippen molar-refractivity contribution in [1.82, 2.24) is 9.55 Å². The van der Waals surface area contributed by atoms with Crippen molar-refractivity contribution < 1.29 is 0 Å². The maximum Gasteiger partial charge on any atom is 0.113 e. The summed E-state index contributed by atoms with van der Waals surface area (Å²) in [6.07, 6.45) is 3.69. The summed E-state index contributed by atoms with van der Waals surface area (Å²) < 4.78 is 2.15. The van der Waals surface area contributed by atoms with Gasteiger partial charge < -0.3 is 9.47 Å². The molecule has 0 saturated carbocycles. The molecule has 3 aromatic rings. The topological polar surface area (TPSA) is 21.1 Å². The average Bonchev–Trinajstić information content (AvgIpc) is 2.76. The van der Waals surface area contributed by atoms with Crippen LogP contribution >= 0.6 is 11.6 Å². The highest BCUT2D eigenvalue weighted by molar-refractivity contribution is 6.30. The monoisotopic (exact) mass is 271 g/mol. The summed E-state index contributed by atoms with van der Waals surface area (Å²) in [4.78, 5) is 6.28. The Labute approximate surface area is 117 Å². The van der Waals surface area contributed by atoms with Crippen LogP contribution in [0.25, 0.3) is 10.9 Å². The molecule has 0 aliphatic rings. The summed E-state index contributed by atoms with van der Waals surface area (Å²) >= 11 is 6.05. The van der Waals surface area contributed by atoms with Gasteiger partial charge in [-0.05, 0) is 30.3 Å². The van der Waals surface area contributed by atoms with Crippen LogP contribution in [0.1, 0.15) is 0 Å². The maximum absolute atomic E-state index is 6.05. The smallest absolute Gasteiger partial charge is 0.113 e. The minimum atomic E-state index is 0.741. The molecule has 0 aliphatic heterocycles. The first-order valence-electron chi connectivity index (χ1n) is 6.05. The van der Waals surface area contributed by atoms with E-state index in [-0.39, 0.29) is 0 Å². The zero-order valence-corrected chi connectivity index (χ0v) is 11.6. The van der Waals surface area contributed by atoms with E-state index in [1.54, 1.807) is 0 Å². The minimum Gasteiger partial charge on any atom is -0.331 e. The first-order valence-corrected chi connectivity index (χ1v) is 6.43. The van der Waals surface area contributed by atoms with Crippen molar-refractivity contribution >= 4 is 34.0 Å². The molecule has 0 atom stereocenters. The fourth-order valence-corrected chi connectivity index (χ4v) is 2.50. The van der Waals surface area contributed by atoms with Gasteiger partial charge in [-0.1, -0.05) is 17.7 Å². The predicted molar refractivity (Wildman–Crippen MR) is 80.2 cm³/mol. The van der Waals surface area contributed by atoms with Gasteiger partial charge in [0.25, 0.3) is 0 Å². The van der Waals surface area contributed by atoms with Crippen molar-refractivity contribution in [2.24, 2.45) is 7.05 Å². The lowest BCUT2D eigenvalue weighted by Gasteiger charge is -2.20. The third-order valence-corrected chi connectivity index (χ3v) is 3.59. The number of benzene rings is 1. The van der Waals surface area contributed by atoms with Gasteiger partial charge in [0, 0.05) is 42.6 Å². The Morgan fingerprint density at radius 2 is 2.05 bits per heavy atom. The Morgan fingerprint density at radius 3 is 2.79 bits per heavy atom. The van der Waals surface area contributed by atoms with Crippen molar-refractivity contribution in [3.8, 4) is 0 Å². The van der Waals surface area contributed by atoms with Gasteiger partial charge in [-0.2, -0.15) is 0 Å². The lowest BCUT2D eigenvalue weighted by molar-refractivity contribution is 0.934. The fourth-order valence-electron chi connectivity index (χ4n) is 2.31. The number of aryl methyl sites for hydroxylation is 1. The summed E-state index contributed by atoms with van der Waals surface area (Å²) in [7, 11) is 4.09. The van der Waals surface area contributed by atoms with E-state index in [0.29, 0.717) is 0 Å². The van der Waals surface area contributed by atoms with E-state index < -0.39 is 0 Å². The Balaban J connectivity index is 2.11. The van der Waals surface area contributed by atoms with Gasteiger partial charge in [0.05, 0.1) is 5.52 Å². The maximum atomic E-state index is 6.05. The van der Waals surface area contributed by atoms with Crippen LogP contribution in [0.5, 0.6) is 0 Å². The van der Waals surface area contributed by atoms with Crippen LogP contribution in [-0.2, 0) is 7.05 Å². The normalized spacial score (nSPS) is 10.9. The zero-order chi connectivity index (χ0) is 13.4. The van der Waals surface area contributed by atoms with Gasteiger partial charge in [0.15, 0.2) is 0 Å². The van der Waals surface area contributed by atoms with Crippen LogP contribution in [0.15, 0.2) is 48.8 Å². The SMILES string of the molecule is CN(c1cccc(Cl)c1)c1cc2cnccc2n1C. The molecule has 2 heterocycles. The second kappa shape index (κ2) is 4.59. The zero-order valence-electron chi connectivity index (χ0n) is 10.8. The molecule has 0 saturated heterocycles. The molecule has 0 radical (unpaired) electrons. The number of pyridine rings is 1. The lowest BCUT2D eigenvalue weighted by atomic mass is 10.3. The molecule has 2 aromatic heterocycles. The van der Waals surface area contributed by atoms with Gasteiger partial charge in [-0.25, -0.2) is 0 Å². The Kier molecular flexibility index (Phi) is 2.91. The van der Waals surface area contributed by atoms with Crippen LogP contribution in [0.2, 0.25) is 5.02 Å². The minimum absolute atomic E-state index is 0.741. The Morgan fingerprint density at radius 1 is 1.21 bits per heavy atom. The molecule has 0 amide bonds. The van der Waals surface area contributed by atoms with Crippen molar-refractivity contribution in [3.63, 3.8) is 0 Å². The summed E-state index contributed by atoms with van der Waals surface area (Å²) in [5.74, 6) is 1.10. The van der Waals surface area contributed by atoms with Crippen molar-refractivity contribution in [3.05, 3.63) is 53.8 Å². The first-order chi connectivity index (χ1) is 9.16. The predicted octanol–water partition coefficient (Wildman–Crippen LogP) is 3.99. The number of rotatable bonds is 2. The van der Waals surface area contributed by atoms with Crippen molar-refractivity contribution in [1.29, 1.82) is 0 Å². The highest BCUT2D eigenvalue weighted by atomic mass is 35.5. The molecule has 0 bridgehead atoms. The quantitative estimate of drug-likeness (QED) is 0.703. The molecule has 3 rings (SSSR count). The van der Waals surface area contributed by atoms with Crippen LogP contribution in [0.3, 0.4) is 0 Å². The Bertz CT molecular complexity index is 733. The first kappa shape index (κ1) is 12.1. The number of aromatic nitrogens is 2. The molecule has 1 aromatic carbocycles. The molecule has 0 N–H and O–H groups in total. The summed E-state index contributed by atoms with van der Waals surface area (Å²) in [6, 6.07) is 12.0. The van der Waals surface area contributed by atoms with E-state index in [1.165, 1.54) is 5.52 Å². The largest absolute Gasteiger partial charge is 0.331 e. The molecule has 0 unspecified atom stereocenters. The van der Waals surface area contributed by atoms with Gasteiger partial charge in [-0.15, -0.1) is 0 Å². The third-order valence-electron chi connectivity index (χ3n) is 3.36.